The lowest BCUT2D eigenvalue weighted by Crippen LogP contribution is -2.49. The molecule has 28 heavy (non-hydrogen) atoms. The number of anilines is 1. The summed E-state index contributed by atoms with van der Waals surface area (Å²) < 4.78 is 5.63. The summed E-state index contributed by atoms with van der Waals surface area (Å²) in [5, 5.41) is 9.00. The van der Waals surface area contributed by atoms with Gasteiger partial charge in [0, 0.05) is 25.3 Å². The van der Waals surface area contributed by atoms with Crippen LogP contribution in [0.5, 0.6) is 5.75 Å². The molecule has 146 valence electrons. The van der Waals surface area contributed by atoms with E-state index in [1.807, 2.05) is 50.2 Å². The summed E-state index contributed by atoms with van der Waals surface area (Å²) in [4.78, 5) is 17.2. The van der Waals surface area contributed by atoms with Crippen molar-refractivity contribution < 1.29 is 9.53 Å². The maximum absolute atomic E-state index is 13.3. The van der Waals surface area contributed by atoms with Crippen LogP contribution in [0.15, 0.2) is 48.5 Å². The molecule has 0 fully saturated rings. The Bertz CT molecular complexity index is 845. The van der Waals surface area contributed by atoms with Gasteiger partial charge in [-0.2, -0.15) is 5.26 Å². The van der Waals surface area contributed by atoms with E-state index in [1.165, 1.54) is 11.1 Å². The minimum Gasteiger partial charge on any atom is -0.494 e. The molecule has 0 radical (unpaired) electrons. The van der Waals surface area contributed by atoms with Crippen LogP contribution in [0.2, 0.25) is 0 Å². The first-order chi connectivity index (χ1) is 13.6. The molecule has 3 rings (SSSR count). The number of para-hydroxylation sites is 1. The lowest BCUT2D eigenvalue weighted by molar-refractivity contribution is -0.123. The zero-order valence-corrected chi connectivity index (χ0v) is 16.6. The molecule has 1 heterocycles. The van der Waals surface area contributed by atoms with Gasteiger partial charge in [-0.15, -0.1) is 0 Å². The van der Waals surface area contributed by atoms with E-state index in [0.29, 0.717) is 19.6 Å². The standard InChI is InChI=1S/C23H27N3O2/c1-3-28-22-11-10-19-12-15-25(17-20(19)16-22)18(2)23(27)26(14-7-13-24)21-8-5-4-6-9-21/h4-6,8-11,16,18H,3,7,12,14-15,17H2,1-2H3. The molecular weight excluding hydrogens is 350 g/mol. The molecule has 0 saturated heterocycles. The molecule has 1 atom stereocenters. The number of fused-ring (bicyclic) bond motifs is 1. The maximum Gasteiger partial charge on any atom is 0.244 e. The predicted molar refractivity (Wildman–Crippen MR) is 110 cm³/mol. The molecule has 0 bridgehead atoms. The van der Waals surface area contributed by atoms with Crippen LogP contribution in [-0.4, -0.2) is 36.5 Å². The molecule has 0 saturated carbocycles. The van der Waals surface area contributed by atoms with Gasteiger partial charge in [-0.1, -0.05) is 24.3 Å². The summed E-state index contributed by atoms with van der Waals surface area (Å²) in [6.45, 7) is 6.55. The third kappa shape index (κ3) is 4.52. The molecule has 5 nitrogen and oxygen atoms in total. The highest BCUT2D eigenvalue weighted by Crippen LogP contribution is 2.26. The summed E-state index contributed by atoms with van der Waals surface area (Å²) in [6, 6.07) is 17.7. The topological polar surface area (TPSA) is 56.6 Å². The number of nitriles is 1. The molecule has 0 spiro atoms. The first-order valence-corrected chi connectivity index (χ1v) is 9.86. The normalized spacial score (nSPS) is 14.6. The Morgan fingerprint density at radius 3 is 2.75 bits per heavy atom. The van der Waals surface area contributed by atoms with Crippen molar-refractivity contribution in [3.05, 3.63) is 59.7 Å². The molecule has 2 aromatic rings. The number of amides is 1. The SMILES string of the molecule is CCOc1ccc2c(c1)CN(C(C)C(=O)N(CCC#N)c1ccccc1)CC2. The van der Waals surface area contributed by atoms with E-state index >= 15 is 0 Å². The lowest BCUT2D eigenvalue weighted by atomic mass is 9.98. The van der Waals surface area contributed by atoms with Crippen LogP contribution in [0.4, 0.5) is 5.69 Å². The second-order valence-electron chi connectivity index (χ2n) is 6.99. The number of ether oxygens (including phenoxy) is 1. The fraction of sp³-hybridized carbons (Fsp3) is 0.391. The highest BCUT2D eigenvalue weighted by Gasteiger charge is 2.29. The average Bonchev–Trinajstić information content (AvgIpc) is 2.74. The van der Waals surface area contributed by atoms with E-state index in [2.05, 4.69) is 23.1 Å². The average molecular weight is 377 g/mol. The van der Waals surface area contributed by atoms with E-state index in [1.54, 1.807) is 4.90 Å². The molecule has 0 aliphatic carbocycles. The second-order valence-corrected chi connectivity index (χ2v) is 6.99. The van der Waals surface area contributed by atoms with Gasteiger partial charge in [0.1, 0.15) is 5.75 Å². The largest absolute Gasteiger partial charge is 0.494 e. The first kappa shape index (κ1) is 19.9. The van der Waals surface area contributed by atoms with Crippen molar-refractivity contribution >= 4 is 11.6 Å². The minimum absolute atomic E-state index is 0.0332. The van der Waals surface area contributed by atoms with Crippen molar-refractivity contribution in [1.29, 1.82) is 5.26 Å². The minimum atomic E-state index is -0.261. The zero-order chi connectivity index (χ0) is 19.9. The van der Waals surface area contributed by atoms with Crippen LogP contribution in [0.3, 0.4) is 0 Å². The molecule has 1 amide bonds. The fourth-order valence-electron chi connectivity index (χ4n) is 3.66. The quantitative estimate of drug-likeness (QED) is 0.737. The molecule has 1 aliphatic rings. The Labute approximate surface area is 167 Å². The van der Waals surface area contributed by atoms with E-state index in [9.17, 15) is 4.79 Å². The van der Waals surface area contributed by atoms with Gasteiger partial charge in [0.25, 0.3) is 0 Å². The number of nitrogens with zero attached hydrogens (tertiary/aromatic N) is 3. The summed E-state index contributed by atoms with van der Waals surface area (Å²) in [6.07, 6.45) is 1.23. The molecular formula is C23H27N3O2. The second kappa shape index (κ2) is 9.38. The van der Waals surface area contributed by atoms with Crippen molar-refractivity contribution in [3.8, 4) is 11.8 Å². The van der Waals surface area contributed by atoms with Gasteiger partial charge in [-0.05, 0) is 55.7 Å². The van der Waals surface area contributed by atoms with Crippen LogP contribution in [0.25, 0.3) is 0 Å². The first-order valence-electron chi connectivity index (χ1n) is 9.86. The van der Waals surface area contributed by atoms with E-state index < -0.39 is 0 Å². The highest BCUT2D eigenvalue weighted by molar-refractivity contribution is 5.97. The third-order valence-electron chi connectivity index (χ3n) is 5.22. The Morgan fingerprint density at radius 1 is 1.25 bits per heavy atom. The number of rotatable bonds is 7. The monoisotopic (exact) mass is 377 g/mol. The number of carbonyl (C=O) groups is 1. The highest BCUT2D eigenvalue weighted by atomic mass is 16.5. The van der Waals surface area contributed by atoms with Gasteiger partial charge in [0.2, 0.25) is 5.91 Å². The van der Waals surface area contributed by atoms with Gasteiger partial charge >= 0.3 is 0 Å². The van der Waals surface area contributed by atoms with E-state index in [4.69, 9.17) is 10.00 Å². The zero-order valence-electron chi connectivity index (χ0n) is 16.6. The lowest BCUT2D eigenvalue weighted by Gasteiger charge is -2.35. The van der Waals surface area contributed by atoms with Gasteiger partial charge in [0.15, 0.2) is 0 Å². The Kier molecular flexibility index (Phi) is 6.67. The fourth-order valence-corrected chi connectivity index (χ4v) is 3.66. The number of benzene rings is 2. The van der Waals surface area contributed by atoms with Gasteiger partial charge in [0.05, 0.1) is 25.1 Å². The van der Waals surface area contributed by atoms with Crippen LogP contribution in [0, 0.1) is 11.3 Å². The number of hydrogen-bond donors (Lipinski definition) is 0. The van der Waals surface area contributed by atoms with Crippen molar-refractivity contribution in [2.45, 2.75) is 39.3 Å². The Morgan fingerprint density at radius 2 is 2.04 bits per heavy atom. The maximum atomic E-state index is 13.3. The Hall–Kier alpha value is -2.84. The van der Waals surface area contributed by atoms with Gasteiger partial charge < -0.3 is 9.64 Å². The van der Waals surface area contributed by atoms with Gasteiger partial charge in [-0.3, -0.25) is 9.69 Å². The molecule has 0 N–H and O–H groups in total. The summed E-state index contributed by atoms with van der Waals surface area (Å²) >= 11 is 0. The van der Waals surface area contributed by atoms with Crippen LogP contribution >= 0.6 is 0 Å². The van der Waals surface area contributed by atoms with Crippen molar-refractivity contribution in [2.75, 3.05) is 24.6 Å². The summed E-state index contributed by atoms with van der Waals surface area (Å²) in [5.74, 6) is 0.910. The Balaban J connectivity index is 1.76. The number of hydrogen-bond acceptors (Lipinski definition) is 4. The van der Waals surface area contributed by atoms with Crippen molar-refractivity contribution in [1.82, 2.24) is 4.90 Å². The van der Waals surface area contributed by atoms with Crippen LogP contribution < -0.4 is 9.64 Å². The third-order valence-corrected chi connectivity index (χ3v) is 5.22. The summed E-state index contributed by atoms with van der Waals surface area (Å²) in [7, 11) is 0. The molecule has 1 aliphatic heterocycles. The van der Waals surface area contributed by atoms with Crippen molar-refractivity contribution in [3.63, 3.8) is 0 Å². The van der Waals surface area contributed by atoms with Crippen LogP contribution in [0.1, 0.15) is 31.4 Å². The van der Waals surface area contributed by atoms with Crippen molar-refractivity contribution in [2.24, 2.45) is 0 Å². The molecule has 5 heteroatoms. The smallest absolute Gasteiger partial charge is 0.244 e. The molecule has 0 aromatic heterocycles. The van der Waals surface area contributed by atoms with E-state index in [-0.39, 0.29) is 11.9 Å². The molecule has 2 aromatic carbocycles. The van der Waals surface area contributed by atoms with E-state index in [0.717, 1.165) is 30.9 Å². The summed E-state index contributed by atoms with van der Waals surface area (Å²) in [5.41, 5.74) is 3.38. The van der Waals surface area contributed by atoms with Gasteiger partial charge in [-0.25, -0.2) is 0 Å². The predicted octanol–water partition coefficient (Wildman–Crippen LogP) is 3.78. The number of carbonyl (C=O) groups excluding carboxylic acids is 1. The molecule has 1 unspecified atom stereocenters. The van der Waals surface area contributed by atoms with Crippen LogP contribution in [-0.2, 0) is 17.8 Å².